The normalized spacial score (nSPS) is 27.4. The molecule has 0 aliphatic carbocycles. The zero-order chi connectivity index (χ0) is 11.1. The minimum Gasteiger partial charge on any atom is -0.381 e. The minimum atomic E-state index is 0.560. The highest BCUT2D eigenvalue weighted by molar-refractivity contribution is 4.68. The van der Waals surface area contributed by atoms with Gasteiger partial charge in [-0.15, -0.1) is 0 Å². The van der Waals surface area contributed by atoms with E-state index < -0.39 is 0 Å². The van der Waals surface area contributed by atoms with E-state index in [2.05, 4.69) is 5.32 Å². The van der Waals surface area contributed by atoms with Gasteiger partial charge in [-0.05, 0) is 57.5 Å². The quantitative estimate of drug-likeness (QED) is 0.704. The van der Waals surface area contributed by atoms with Crippen molar-refractivity contribution in [3.63, 3.8) is 0 Å². The lowest BCUT2D eigenvalue weighted by Gasteiger charge is -2.22. The summed E-state index contributed by atoms with van der Waals surface area (Å²) in [6, 6.07) is 0. The lowest BCUT2D eigenvalue weighted by atomic mass is 10.0. The van der Waals surface area contributed by atoms with Crippen LogP contribution in [0, 0.1) is 5.92 Å². The Kier molecular flexibility index (Phi) is 5.59. The van der Waals surface area contributed by atoms with Gasteiger partial charge in [0.25, 0.3) is 0 Å². The molecule has 0 aromatic heterocycles. The van der Waals surface area contributed by atoms with Crippen molar-refractivity contribution in [1.82, 2.24) is 5.32 Å². The standard InChI is InChI=1S/C13H25NO2/c1(3-13-4-2-8-16-13)7-14-11-12-5-9-15-10-6-12/h12-14H,1-11H2. The molecule has 2 aliphatic heterocycles. The Morgan fingerprint density at radius 1 is 1.06 bits per heavy atom. The van der Waals surface area contributed by atoms with Crippen LogP contribution in [0.25, 0.3) is 0 Å². The summed E-state index contributed by atoms with van der Waals surface area (Å²) in [6.45, 7) is 5.23. The van der Waals surface area contributed by atoms with Crippen molar-refractivity contribution in [3.05, 3.63) is 0 Å². The van der Waals surface area contributed by atoms with Gasteiger partial charge in [-0.25, -0.2) is 0 Å². The van der Waals surface area contributed by atoms with Gasteiger partial charge in [-0.3, -0.25) is 0 Å². The maximum absolute atomic E-state index is 5.61. The van der Waals surface area contributed by atoms with Crippen molar-refractivity contribution < 1.29 is 9.47 Å². The number of rotatable bonds is 6. The average molecular weight is 227 g/mol. The van der Waals surface area contributed by atoms with Crippen LogP contribution in [0.1, 0.15) is 38.5 Å². The zero-order valence-electron chi connectivity index (χ0n) is 10.2. The largest absolute Gasteiger partial charge is 0.381 e. The summed E-state index contributed by atoms with van der Waals surface area (Å²) in [6.07, 6.45) is 8.07. The highest BCUT2D eigenvalue weighted by atomic mass is 16.5. The number of nitrogens with one attached hydrogen (secondary N) is 1. The molecule has 2 rings (SSSR count). The molecule has 16 heavy (non-hydrogen) atoms. The van der Waals surface area contributed by atoms with Crippen LogP contribution >= 0.6 is 0 Å². The van der Waals surface area contributed by atoms with Crippen LogP contribution in [-0.2, 0) is 9.47 Å². The Hall–Kier alpha value is -0.120. The molecule has 0 spiro atoms. The van der Waals surface area contributed by atoms with Gasteiger partial charge >= 0.3 is 0 Å². The van der Waals surface area contributed by atoms with Crippen LogP contribution < -0.4 is 5.32 Å². The van der Waals surface area contributed by atoms with Crippen molar-refractivity contribution in [2.75, 3.05) is 32.9 Å². The van der Waals surface area contributed by atoms with Crippen molar-refractivity contribution in [2.45, 2.75) is 44.6 Å². The summed E-state index contributed by atoms with van der Waals surface area (Å²) in [7, 11) is 0. The molecule has 1 atom stereocenters. The van der Waals surface area contributed by atoms with E-state index in [0.717, 1.165) is 32.3 Å². The maximum Gasteiger partial charge on any atom is 0.0576 e. The molecule has 0 saturated carbocycles. The first kappa shape index (κ1) is 12.3. The van der Waals surface area contributed by atoms with E-state index in [9.17, 15) is 0 Å². The molecule has 2 aliphatic rings. The van der Waals surface area contributed by atoms with Crippen molar-refractivity contribution >= 4 is 0 Å². The van der Waals surface area contributed by atoms with Crippen LogP contribution in [0.5, 0.6) is 0 Å². The summed E-state index contributed by atoms with van der Waals surface area (Å²) in [5.41, 5.74) is 0. The van der Waals surface area contributed by atoms with Crippen LogP contribution in [0.2, 0.25) is 0 Å². The van der Waals surface area contributed by atoms with Gasteiger partial charge in [0.05, 0.1) is 6.10 Å². The van der Waals surface area contributed by atoms with Gasteiger partial charge in [0.2, 0.25) is 0 Å². The molecule has 0 aromatic carbocycles. The average Bonchev–Trinajstić information content (AvgIpc) is 2.83. The molecule has 1 unspecified atom stereocenters. The highest BCUT2D eigenvalue weighted by Crippen LogP contribution is 2.16. The van der Waals surface area contributed by atoms with Crippen molar-refractivity contribution in [2.24, 2.45) is 5.92 Å². The highest BCUT2D eigenvalue weighted by Gasteiger charge is 2.15. The Labute approximate surface area is 98.9 Å². The maximum atomic E-state index is 5.61. The Bertz CT molecular complexity index is 175. The lowest BCUT2D eigenvalue weighted by molar-refractivity contribution is 0.0661. The second-order valence-electron chi connectivity index (χ2n) is 5.04. The third-order valence-corrected chi connectivity index (χ3v) is 3.68. The van der Waals surface area contributed by atoms with E-state index in [1.54, 1.807) is 0 Å². The molecule has 1 N–H and O–H groups in total. The van der Waals surface area contributed by atoms with Crippen molar-refractivity contribution in [3.8, 4) is 0 Å². The second-order valence-corrected chi connectivity index (χ2v) is 5.04. The molecular weight excluding hydrogens is 202 g/mol. The Balaban J connectivity index is 1.42. The lowest BCUT2D eigenvalue weighted by Crippen LogP contribution is -2.28. The van der Waals surface area contributed by atoms with E-state index in [1.807, 2.05) is 0 Å². The fourth-order valence-corrected chi connectivity index (χ4v) is 2.58. The Morgan fingerprint density at radius 3 is 2.69 bits per heavy atom. The Morgan fingerprint density at radius 2 is 1.94 bits per heavy atom. The summed E-state index contributed by atoms with van der Waals surface area (Å²) in [5.74, 6) is 0.844. The topological polar surface area (TPSA) is 30.5 Å². The van der Waals surface area contributed by atoms with Gasteiger partial charge < -0.3 is 14.8 Å². The molecule has 94 valence electrons. The first-order valence-electron chi connectivity index (χ1n) is 6.85. The second kappa shape index (κ2) is 7.25. The van der Waals surface area contributed by atoms with Crippen LogP contribution in [0.3, 0.4) is 0 Å². The molecule has 3 heteroatoms. The third kappa shape index (κ3) is 4.40. The number of hydrogen-bond donors (Lipinski definition) is 1. The molecule has 3 nitrogen and oxygen atoms in total. The van der Waals surface area contributed by atoms with E-state index in [0.29, 0.717) is 6.10 Å². The van der Waals surface area contributed by atoms with E-state index in [-0.39, 0.29) is 0 Å². The molecule has 2 saturated heterocycles. The van der Waals surface area contributed by atoms with Crippen molar-refractivity contribution in [1.29, 1.82) is 0 Å². The van der Waals surface area contributed by atoms with E-state index >= 15 is 0 Å². The van der Waals surface area contributed by atoms with Crippen LogP contribution in [-0.4, -0.2) is 39.0 Å². The number of hydrogen-bond acceptors (Lipinski definition) is 3. The predicted octanol–water partition coefficient (Wildman–Crippen LogP) is 1.96. The first-order chi connectivity index (χ1) is 7.95. The minimum absolute atomic E-state index is 0.560. The third-order valence-electron chi connectivity index (χ3n) is 3.68. The zero-order valence-corrected chi connectivity index (χ0v) is 10.2. The molecular formula is C13H25NO2. The summed E-state index contributed by atoms with van der Waals surface area (Å²) in [4.78, 5) is 0. The van der Waals surface area contributed by atoms with E-state index in [4.69, 9.17) is 9.47 Å². The first-order valence-corrected chi connectivity index (χ1v) is 6.85. The molecule has 2 heterocycles. The van der Waals surface area contributed by atoms with Crippen LogP contribution in [0.4, 0.5) is 0 Å². The van der Waals surface area contributed by atoms with E-state index in [1.165, 1.54) is 45.1 Å². The smallest absolute Gasteiger partial charge is 0.0576 e. The number of ether oxygens (including phenoxy) is 2. The monoisotopic (exact) mass is 227 g/mol. The van der Waals surface area contributed by atoms with Gasteiger partial charge in [0.1, 0.15) is 0 Å². The SMILES string of the molecule is C(CNCC1CCOCC1)CC1CCCO1. The molecule has 0 aromatic rings. The van der Waals surface area contributed by atoms with Gasteiger partial charge in [-0.1, -0.05) is 0 Å². The fraction of sp³-hybridized carbons (Fsp3) is 1.00. The van der Waals surface area contributed by atoms with Gasteiger partial charge in [0, 0.05) is 19.8 Å². The summed E-state index contributed by atoms with van der Waals surface area (Å²) in [5, 5.41) is 3.57. The molecule has 0 amide bonds. The summed E-state index contributed by atoms with van der Waals surface area (Å²) < 4.78 is 11.0. The molecule has 0 bridgehead atoms. The molecule has 2 fully saturated rings. The fourth-order valence-electron chi connectivity index (χ4n) is 2.58. The molecule has 0 radical (unpaired) electrons. The van der Waals surface area contributed by atoms with Crippen LogP contribution in [0.15, 0.2) is 0 Å². The van der Waals surface area contributed by atoms with Gasteiger partial charge in [0.15, 0.2) is 0 Å². The summed E-state index contributed by atoms with van der Waals surface area (Å²) >= 11 is 0. The predicted molar refractivity (Wildman–Crippen MR) is 64.6 cm³/mol. The van der Waals surface area contributed by atoms with Gasteiger partial charge in [-0.2, -0.15) is 0 Å².